The summed E-state index contributed by atoms with van der Waals surface area (Å²) in [4.78, 5) is 3.96. The number of aromatic nitrogens is 4. The molecular weight excluding hydrogens is 272 g/mol. The summed E-state index contributed by atoms with van der Waals surface area (Å²) < 4.78 is 2.67. The van der Waals surface area contributed by atoms with E-state index in [1.807, 2.05) is 11.6 Å². The van der Waals surface area contributed by atoms with Gasteiger partial charge < -0.3 is 15.6 Å². The normalized spacial score (nSPS) is 10.4. The number of rotatable bonds is 3. The Morgan fingerprint density at radius 1 is 1.50 bits per heavy atom. The monoisotopic (exact) mass is 282 g/mol. The molecule has 7 heteroatoms. The number of anilines is 2. The predicted molar refractivity (Wildman–Crippen MR) is 64.7 cm³/mol. The van der Waals surface area contributed by atoms with Gasteiger partial charge in [0.25, 0.3) is 0 Å². The molecule has 0 amide bonds. The fourth-order valence-corrected chi connectivity index (χ4v) is 1.76. The number of nitrogens with one attached hydrogen (secondary N) is 1. The van der Waals surface area contributed by atoms with Crippen LogP contribution in [-0.4, -0.2) is 19.7 Å². The van der Waals surface area contributed by atoms with E-state index in [0.717, 1.165) is 16.0 Å². The summed E-state index contributed by atoms with van der Waals surface area (Å²) in [5.41, 5.74) is 7.21. The summed E-state index contributed by atoms with van der Waals surface area (Å²) in [6, 6.07) is 0. The molecule has 3 N–H and O–H groups in total. The first-order valence-corrected chi connectivity index (χ1v) is 5.43. The van der Waals surface area contributed by atoms with Gasteiger partial charge in [0.1, 0.15) is 6.33 Å². The summed E-state index contributed by atoms with van der Waals surface area (Å²) in [6.45, 7) is 0.559. The molecule has 84 valence electrons. The Labute approximate surface area is 101 Å². The van der Waals surface area contributed by atoms with Gasteiger partial charge in [0.05, 0.1) is 28.6 Å². The van der Waals surface area contributed by atoms with Crippen LogP contribution in [0, 0.1) is 0 Å². The maximum Gasteiger partial charge on any atom is 0.151 e. The number of nitrogens with zero attached hydrogens (tertiary/aromatic N) is 4. The molecule has 0 radical (unpaired) electrons. The maximum absolute atomic E-state index is 5.80. The summed E-state index contributed by atoms with van der Waals surface area (Å²) >= 11 is 3.38. The highest BCUT2D eigenvalue weighted by atomic mass is 79.9. The fraction of sp³-hybridized carbons (Fsp3) is 0.222. The summed E-state index contributed by atoms with van der Waals surface area (Å²) in [7, 11) is 1.89. The van der Waals surface area contributed by atoms with Crippen LogP contribution in [0.2, 0.25) is 0 Å². The van der Waals surface area contributed by atoms with E-state index in [2.05, 4.69) is 36.4 Å². The largest absolute Gasteiger partial charge is 0.396 e. The molecule has 0 spiro atoms. The second-order valence-corrected chi connectivity index (χ2v) is 4.15. The van der Waals surface area contributed by atoms with Crippen molar-refractivity contribution < 1.29 is 0 Å². The Hall–Kier alpha value is -1.63. The second-order valence-electron chi connectivity index (χ2n) is 3.30. The molecule has 0 fully saturated rings. The van der Waals surface area contributed by atoms with Crippen LogP contribution in [0.5, 0.6) is 0 Å². The van der Waals surface area contributed by atoms with Gasteiger partial charge in [-0.05, 0) is 15.9 Å². The van der Waals surface area contributed by atoms with Gasteiger partial charge in [0.2, 0.25) is 0 Å². The smallest absolute Gasteiger partial charge is 0.151 e. The number of nitrogen functional groups attached to an aromatic ring is 1. The number of hydrogen-bond donors (Lipinski definition) is 2. The molecule has 0 saturated carbocycles. The summed E-state index contributed by atoms with van der Waals surface area (Å²) in [6.07, 6.45) is 4.95. The van der Waals surface area contributed by atoms with E-state index in [-0.39, 0.29) is 0 Å². The third-order valence-electron chi connectivity index (χ3n) is 2.16. The minimum atomic E-state index is 0.559. The average molecular weight is 283 g/mol. The summed E-state index contributed by atoms with van der Waals surface area (Å²) in [5, 5.41) is 11.0. The first-order valence-electron chi connectivity index (χ1n) is 4.64. The van der Waals surface area contributed by atoms with Crippen LogP contribution in [0.15, 0.2) is 23.2 Å². The van der Waals surface area contributed by atoms with E-state index in [1.54, 1.807) is 18.7 Å². The van der Waals surface area contributed by atoms with E-state index in [4.69, 9.17) is 5.73 Å². The SMILES string of the molecule is Cn1cnnc1CNc1c(N)cncc1Br. The van der Waals surface area contributed by atoms with Crippen LogP contribution < -0.4 is 11.1 Å². The van der Waals surface area contributed by atoms with Gasteiger partial charge in [0.15, 0.2) is 5.82 Å². The van der Waals surface area contributed by atoms with Gasteiger partial charge in [-0.1, -0.05) is 0 Å². The van der Waals surface area contributed by atoms with Crippen molar-refractivity contribution in [3.05, 3.63) is 29.0 Å². The molecule has 0 atom stereocenters. The van der Waals surface area contributed by atoms with Crippen molar-refractivity contribution >= 4 is 27.3 Å². The molecule has 2 rings (SSSR count). The van der Waals surface area contributed by atoms with Crippen LogP contribution in [-0.2, 0) is 13.6 Å². The third kappa shape index (κ3) is 2.13. The highest BCUT2D eigenvalue weighted by Gasteiger charge is 2.06. The minimum absolute atomic E-state index is 0.559. The zero-order valence-corrected chi connectivity index (χ0v) is 10.3. The Morgan fingerprint density at radius 3 is 2.94 bits per heavy atom. The van der Waals surface area contributed by atoms with Crippen molar-refractivity contribution in [1.82, 2.24) is 19.7 Å². The van der Waals surface area contributed by atoms with Crippen LogP contribution in [0.4, 0.5) is 11.4 Å². The Balaban J connectivity index is 2.14. The molecule has 0 unspecified atom stereocenters. The molecule has 2 aromatic heterocycles. The zero-order valence-electron chi connectivity index (χ0n) is 8.68. The Morgan fingerprint density at radius 2 is 2.31 bits per heavy atom. The molecule has 0 aliphatic rings. The number of nitrogens with two attached hydrogens (primary N) is 1. The first-order chi connectivity index (χ1) is 7.68. The molecule has 16 heavy (non-hydrogen) atoms. The Kier molecular flexibility index (Phi) is 3.04. The lowest BCUT2D eigenvalue weighted by Gasteiger charge is -2.09. The number of hydrogen-bond acceptors (Lipinski definition) is 5. The second kappa shape index (κ2) is 4.48. The number of halogens is 1. The highest BCUT2D eigenvalue weighted by Crippen LogP contribution is 2.27. The minimum Gasteiger partial charge on any atom is -0.396 e. The topological polar surface area (TPSA) is 81.7 Å². The van der Waals surface area contributed by atoms with Crippen LogP contribution >= 0.6 is 15.9 Å². The molecule has 2 heterocycles. The number of aryl methyl sites for hydroxylation is 1. The molecular formula is C9H11BrN6. The molecule has 0 aliphatic carbocycles. The van der Waals surface area contributed by atoms with Gasteiger partial charge in [-0.15, -0.1) is 10.2 Å². The van der Waals surface area contributed by atoms with Gasteiger partial charge in [0, 0.05) is 13.2 Å². The zero-order chi connectivity index (χ0) is 11.5. The molecule has 0 bridgehead atoms. The van der Waals surface area contributed by atoms with Crippen molar-refractivity contribution in [2.45, 2.75) is 6.54 Å². The lowest BCUT2D eigenvalue weighted by Crippen LogP contribution is -2.08. The van der Waals surface area contributed by atoms with Crippen molar-refractivity contribution in [2.24, 2.45) is 7.05 Å². The lowest BCUT2D eigenvalue weighted by atomic mass is 10.3. The first kappa shape index (κ1) is 10.9. The quantitative estimate of drug-likeness (QED) is 0.883. The average Bonchev–Trinajstić information content (AvgIpc) is 2.64. The third-order valence-corrected chi connectivity index (χ3v) is 2.76. The van der Waals surface area contributed by atoms with Crippen molar-refractivity contribution in [3.63, 3.8) is 0 Å². The van der Waals surface area contributed by atoms with Crippen molar-refractivity contribution in [2.75, 3.05) is 11.1 Å². The van der Waals surface area contributed by atoms with Crippen molar-refractivity contribution in [1.29, 1.82) is 0 Å². The molecule has 0 aromatic carbocycles. The molecule has 2 aromatic rings. The van der Waals surface area contributed by atoms with E-state index >= 15 is 0 Å². The fourth-order valence-electron chi connectivity index (χ4n) is 1.27. The van der Waals surface area contributed by atoms with Crippen LogP contribution in [0.25, 0.3) is 0 Å². The predicted octanol–water partition coefficient (Wildman–Crippen LogP) is 1.17. The lowest BCUT2D eigenvalue weighted by molar-refractivity contribution is 0.812. The summed E-state index contributed by atoms with van der Waals surface area (Å²) in [5.74, 6) is 0.836. The van der Waals surface area contributed by atoms with Gasteiger partial charge >= 0.3 is 0 Å². The number of pyridine rings is 1. The van der Waals surface area contributed by atoms with E-state index < -0.39 is 0 Å². The van der Waals surface area contributed by atoms with Crippen LogP contribution in [0.3, 0.4) is 0 Å². The Bertz CT molecular complexity index is 474. The van der Waals surface area contributed by atoms with Gasteiger partial charge in [-0.2, -0.15) is 0 Å². The maximum atomic E-state index is 5.80. The molecule has 6 nitrogen and oxygen atoms in total. The molecule has 0 aliphatic heterocycles. The van der Waals surface area contributed by atoms with E-state index in [1.165, 1.54) is 0 Å². The van der Waals surface area contributed by atoms with E-state index in [9.17, 15) is 0 Å². The van der Waals surface area contributed by atoms with Crippen molar-refractivity contribution in [3.8, 4) is 0 Å². The standard InChI is InChI=1S/C9H11BrN6/c1-16-5-14-15-8(16)4-13-9-6(10)2-12-3-7(9)11/h2-3,5H,4,11H2,1H3,(H,12,13). The van der Waals surface area contributed by atoms with Gasteiger partial charge in [-0.25, -0.2) is 0 Å². The highest BCUT2D eigenvalue weighted by molar-refractivity contribution is 9.10. The van der Waals surface area contributed by atoms with Crippen LogP contribution in [0.1, 0.15) is 5.82 Å². The van der Waals surface area contributed by atoms with E-state index in [0.29, 0.717) is 12.2 Å². The molecule has 0 saturated heterocycles. The van der Waals surface area contributed by atoms with Gasteiger partial charge in [-0.3, -0.25) is 4.98 Å².